The van der Waals surface area contributed by atoms with E-state index < -0.39 is 12.0 Å². The molecule has 0 saturated heterocycles. The Morgan fingerprint density at radius 2 is 1.79 bits per heavy atom. The lowest BCUT2D eigenvalue weighted by atomic mass is 10.1. The normalized spacial score (nSPS) is 12.1. The average Bonchev–Trinajstić information content (AvgIpc) is 2.80. The van der Waals surface area contributed by atoms with E-state index >= 15 is 0 Å². The van der Waals surface area contributed by atoms with Gasteiger partial charge in [-0.25, -0.2) is 4.98 Å². The largest absolute Gasteiger partial charge is 0.466 e. The van der Waals surface area contributed by atoms with Crippen LogP contribution in [-0.2, 0) is 14.3 Å². The molecule has 1 amide bonds. The van der Waals surface area contributed by atoms with Crippen molar-refractivity contribution >= 4 is 22.8 Å². The topological polar surface area (TPSA) is 81.5 Å². The van der Waals surface area contributed by atoms with Gasteiger partial charge in [0.1, 0.15) is 5.82 Å². The van der Waals surface area contributed by atoms with E-state index in [0.717, 1.165) is 5.56 Å². The van der Waals surface area contributed by atoms with Crippen LogP contribution in [0, 0.1) is 12.8 Å². The van der Waals surface area contributed by atoms with Gasteiger partial charge in [0.05, 0.1) is 35.7 Å². The minimum absolute atomic E-state index is 0.0177. The molecule has 0 aliphatic heterocycles. The van der Waals surface area contributed by atoms with E-state index in [2.05, 4.69) is 0 Å². The molecule has 0 radical (unpaired) electrons. The predicted octanol–water partition coefficient (Wildman–Crippen LogP) is 4.58. The van der Waals surface area contributed by atoms with Gasteiger partial charge >= 0.3 is 5.97 Å². The number of fused-ring (bicyclic) bond motifs is 1. The van der Waals surface area contributed by atoms with Gasteiger partial charge in [-0.2, -0.15) is 0 Å². The minimum atomic E-state index is -0.491. The number of carbonyl (C=O) groups is 2. The van der Waals surface area contributed by atoms with Crippen LogP contribution >= 0.6 is 0 Å². The molecule has 0 N–H and O–H groups in total. The highest BCUT2D eigenvalue weighted by Crippen LogP contribution is 2.25. The van der Waals surface area contributed by atoms with Crippen LogP contribution in [0.15, 0.2) is 53.3 Å². The maximum atomic E-state index is 13.6. The summed E-state index contributed by atoms with van der Waals surface area (Å²) in [5, 5.41) is 0.518. The predicted molar refractivity (Wildman–Crippen MR) is 133 cm³/mol. The first-order chi connectivity index (χ1) is 16.2. The Kier molecular flexibility index (Phi) is 8.21. The molecular weight excluding hydrogens is 430 g/mol. The van der Waals surface area contributed by atoms with Gasteiger partial charge in [0, 0.05) is 13.0 Å². The summed E-state index contributed by atoms with van der Waals surface area (Å²) in [5.74, 6) is 0.106. The lowest BCUT2D eigenvalue weighted by molar-refractivity contribution is -0.146. The highest BCUT2D eigenvalue weighted by atomic mass is 16.5. The summed E-state index contributed by atoms with van der Waals surface area (Å²) in [4.78, 5) is 45.3. The molecule has 0 fully saturated rings. The summed E-state index contributed by atoms with van der Waals surface area (Å²) in [5.41, 5.74) is 2.12. The molecule has 1 atom stereocenters. The van der Waals surface area contributed by atoms with Crippen molar-refractivity contribution < 1.29 is 14.3 Å². The Morgan fingerprint density at radius 1 is 1.06 bits per heavy atom. The van der Waals surface area contributed by atoms with Crippen molar-refractivity contribution in [3.8, 4) is 5.69 Å². The highest BCUT2D eigenvalue weighted by Gasteiger charge is 2.27. The van der Waals surface area contributed by atoms with Gasteiger partial charge in [0.15, 0.2) is 0 Å². The first-order valence-electron chi connectivity index (χ1n) is 11.8. The highest BCUT2D eigenvalue weighted by molar-refractivity contribution is 5.82. The zero-order chi connectivity index (χ0) is 24.8. The number of ether oxygens (including phenoxy) is 1. The summed E-state index contributed by atoms with van der Waals surface area (Å²) in [6, 6.07) is 14.4. The fourth-order valence-corrected chi connectivity index (χ4v) is 4.04. The van der Waals surface area contributed by atoms with Gasteiger partial charge < -0.3 is 9.64 Å². The van der Waals surface area contributed by atoms with E-state index in [9.17, 15) is 14.4 Å². The van der Waals surface area contributed by atoms with Crippen molar-refractivity contribution in [2.45, 2.75) is 53.5 Å². The summed E-state index contributed by atoms with van der Waals surface area (Å²) in [7, 11) is 0. The van der Waals surface area contributed by atoms with Gasteiger partial charge in [-0.3, -0.25) is 19.0 Å². The van der Waals surface area contributed by atoms with Gasteiger partial charge in [0.2, 0.25) is 5.91 Å². The maximum Gasteiger partial charge on any atom is 0.306 e. The quantitative estimate of drug-likeness (QED) is 0.434. The zero-order valence-corrected chi connectivity index (χ0v) is 20.6. The standard InChI is InChI=1S/C27H33N3O4/c1-6-34-25(32)15-14-24(31)29(17-18(2)3)20(5)26-28-23-13-8-7-12-22(23)27(33)30(26)21-11-9-10-19(4)16-21/h7-13,16,18,20H,6,14-15,17H2,1-5H3. The van der Waals surface area contributed by atoms with E-state index in [0.29, 0.717) is 29.0 Å². The van der Waals surface area contributed by atoms with Gasteiger partial charge in [-0.1, -0.05) is 38.1 Å². The van der Waals surface area contributed by atoms with E-state index in [1.165, 1.54) is 0 Å². The number of nitrogens with zero attached hydrogens (tertiary/aromatic N) is 3. The van der Waals surface area contributed by atoms with Crippen LogP contribution in [0.25, 0.3) is 16.6 Å². The molecule has 1 aromatic heterocycles. The SMILES string of the molecule is CCOC(=O)CCC(=O)N(CC(C)C)C(C)c1nc2ccccc2c(=O)n1-c1cccc(C)c1. The summed E-state index contributed by atoms with van der Waals surface area (Å²) < 4.78 is 6.59. The van der Waals surface area contributed by atoms with Crippen molar-refractivity contribution in [2.24, 2.45) is 5.92 Å². The number of hydrogen-bond acceptors (Lipinski definition) is 5. The number of hydrogen-bond donors (Lipinski definition) is 0. The third-order valence-corrected chi connectivity index (χ3v) is 5.63. The van der Waals surface area contributed by atoms with Crippen molar-refractivity contribution in [3.63, 3.8) is 0 Å². The third-order valence-electron chi connectivity index (χ3n) is 5.63. The van der Waals surface area contributed by atoms with Crippen molar-refractivity contribution in [2.75, 3.05) is 13.2 Å². The van der Waals surface area contributed by atoms with E-state index in [1.54, 1.807) is 22.5 Å². The maximum absolute atomic E-state index is 13.6. The summed E-state index contributed by atoms with van der Waals surface area (Å²) in [6.45, 7) is 10.4. The zero-order valence-electron chi connectivity index (χ0n) is 20.6. The van der Waals surface area contributed by atoms with Gasteiger partial charge in [-0.05, 0) is 56.5 Å². The van der Waals surface area contributed by atoms with E-state index in [-0.39, 0.29) is 36.8 Å². The second-order valence-electron chi connectivity index (χ2n) is 8.89. The minimum Gasteiger partial charge on any atom is -0.466 e. The Hall–Kier alpha value is -3.48. The lowest BCUT2D eigenvalue weighted by Gasteiger charge is -2.32. The van der Waals surface area contributed by atoms with Crippen LogP contribution in [0.4, 0.5) is 0 Å². The first kappa shape index (κ1) is 25.1. The van der Waals surface area contributed by atoms with Crippen LogP contribution < -0.4 is 5.56 Å². The molecule has 3 rings (SSSR count). The molecule has 7 heteroatoms. The van der Waals surface area contributed by atoms with Crippen LogP contribution in [-0.4, -0.2) is 39.5 Å². The number of aryl methyl sites for hydroxylation is 1. The van der Waals surface area contributed by atoms with Gasteiger partial charge in [0.25, 0.3) is 5.56 Å². The molecule has 0 spiro atoms. The average molecular weight is 464 g/mol. The monoisotopic (exact) mass is 463 g/mol. The van der Waals surface area contributed by atoms with Crippen molar-refractivity contribution in [1.29, 1.82) is 0 Å². The Balaban J connectivity index is 2.11. The molecule has 1 heterocycles. The third kappa shape index (κ3) is 5.71. The second kappa shape index (κ2) is 11.1. The Bertz CT molecular complexity index is 1230. The molecule has 7 nitrogen and oxygen atoms in total. The molecule has 34 heavy (non-hydrogen) atoms. The second-order valence-corrected chi connectivity index (χ2v) is 8.89. The van der Waals surface area contributed by atoms with Crippen molar-refractivity contribution in [1.82, 2.24) is 14.5 Å². The van der Waals surface area contributed by atoms with Crippen LogP contribution in [0.5, 0.6) is 0 Å². The number of rotatable bonds is 9. The van der Waals surface area contributed by atoms with Crippen LogP contribution in [0.3, 0.4) is 0 Å². The molecule has 180 valence electrons. The number of para-hydroxylation sites is 1. The summed E-state index contributed by atoms with van der Waals surface area (Å²) >= 11 is 0. The number of amides is 1. The van der Waals surface area contributed by atoms with E-state index in [1.807, 2.05) is 70.2 Å². The first-order valence-corrected chi connectivity index (χ1v) is 11.8. The molecule has 0 saturated carbocycles. The molecule has 1 unspecified atom stereocenters. The molecular formula is C27H33N3O4. The summed E-state index contributed by atoms with van der Waals surface area (Å²) in [6.07, 6.45) is 0.0575. The van der Waals surface area contributed by atoms with Gasteiger partial charge in [-0.15, -0.1) is 0 Å². The number of esters is 1. The number of benzene rings is 2. The lowest BCUT2D eigenvalue weighted by Crippen LogP contribution is -2.39. The molecule has 2 aromatic carbocycles. The molecule has 3 aromatic rings. The van der Waals surface area contributed by atoms with Crippen LogP contribution in [0.1, 0.15) is 58.0 Å². The number of aromatic nitrogens is 2. The molecule has 0 bridgehead atoms. The Morgan fingerprint density at radius 3 is 2.47 bits per heavy atom. The smallest absolute Gasteiger partial charge is 0.306 e. The Labute approximate surface area is 200 Å². The number of carbonyl (C=O) groups excluding carboxylic acids is 2. The van der Waals surface area contributed by atoms with Crippen LogP contribution in [0.2, 0.25) is 0 Å². The fraction of sp³-hybridized carbons (Fsp3) is 0.407. The molecule has 0 aliphatic carbocycles. The molecule has 0 aliphatic rings. The van der Waals surface area contributed by atoms with Crippen molar-refractivity contribution in [3.05, 3.63) is 70.3 Å². The fourth-order valence-electron chi connectivity index (χ4n) is 4.04. The van der Waals surface area contributed by atoms with E-state index in [4.69, 9.17) is 9.72 Å².